The van der Waals surface area contributed by atoms with Gasteiger partial charge in [-0.1, -0.05) is 0 Å². The van der Waals surface area contributed by atoms with Gasteiger partial charge in [-0.3, -0.25) is 0 Å². The lowest BCUT2D eigenvalue weighted by atomic mass is 9.96. The van der Waals surface area contributed by atoms with Crippen molar-refractivity contribution in [2.45, 2.75) is 25.3 Å². The molecule has 76 valence electrons. The maximum atomic E-state index is 13.4. The van der Waals surface area contributed by atoms with Gasteiger partial charge in [-0.05, 0) is 37.1 Å². The molecule has 0 aromatic heterocycles. The third kappa shape index (κ3) is 1.77. The van der Waals surface area contributed by atoms with E-state index in [-0.39, 0.29) is 17.6 Å². The van der Waals surface area contributed by atoms with Gasteiger partial charge < -0.3 is 5.32 Å². The molecular weight excluding hydrogens is 184 g/mol. The minimum absolute atomic E-state index is 0.112. The van der Waals surface area contributed by atoms with Crippen LogP contribution in [0.15, 0.2) is 18.2 Å². The van der Waals surface area contributed by atoms with Gasteiger partial charge in [0.05, 0.1) is 0 Å². The van der Waals surface area contributed by atoms with Crippen LogP contribution in [0, 0.1) is 11.6 Å². The van der Waals surface area contributed by atoms with Crippen LogP contribution < -0.4 is 5.32 Å². The Hall–Kier alpha value is -0.960. The second-order valence-electron chi connectivity index (χ2n) is 3.91. The van der Waals surface area contributed by atoms with Crippen LogP contribution in [0.25, 0.3) is 0 Å². The lowest BCUT2D eigenvalue weighted by Gasteiger charge is -2.09. The highest BCUT2D eigenvalue weighted by atomic mass is 19.1. The zero-order valence-corrected chi connectivity index (χ0v) is 8.06. The molecule has 14 heavy (non-hydrogen) atoms. The van der Waals surface area contributed by atoms with Crippen molar-refractivity contribution >= 4 is 0 Å². The predicted octanol–water partition coefficient (Wildman–Crippen LogP) is 2.43. The van der Waals surface area contributed by atoms with Crippen LogP contribution in [0.5, 0.6) is 0 Å². The molecule has 1 fully saturated rings. The molecule has 0 amide bonds. The summed E-state index contributed by atoms with van der Waals surface area (Å²) in [5, 5.41) is 3.23. The highest BCUT2D eigenvalue weighted by Crippen LogP contribution is 2.27. The van der Waals surface area contributed by atoms with E-state index in [0.717, 1.165) is 19.0 Å². The van der Waals surface area contributed by atoms with E-state index in [9.17, 15) is 8.78 Å². The molecule has 1 saturated heterocycles. The first-order chi connectivity index (χ1) is 6.66. The average molecular weight is 197 g/mol. The molecule has 1 N–H and O–H groups in total. The predicted molar refractivity (Wildman–Crippen MR) is 51.2 cm³/mol. The van der Waals surface area contributed by atoms with Gasteiger partial charge in [0.15, 0.2) is 0 Å². The summed E-state index contributed by atoms with van der Waals surface area (Å²) in [7, 11) is 0. The molecule has 3 heteroatoms. The molecular formula is C11H13F2N. The van der Waals surface area contributed by atoms with Gasteiger partial charge in [-0.2, -0.15) is 0 Å². The average Bonchev–Trinajstić information content (AvgIpc) is 2.56. The first-order valence-corrected chi connectivity index (χ1v) is 4.85. The Balaban J connectivity index is 2.27. The van der Waals surface area contributed by atoms with Crippen molar-refractivity contribution in [2.75, 3.05) is 6.54 Å². The zero-order chi connectivity index (χ0) is 10.1. The highest BCUT2D eigenvalue weighted by Gasteiger charge is 2.24. The van der Waals surface area contributed by atoms with E-state index in [1.165, 1.54) is 12.1 Å². The van der Waals surface area contributed by atoms with Gasteiger partial charge in [0, 0.05) is 18.5 Å². The smallest absolute Gasteiger partial charge is 0.126 e. The first kappa shape index (κ1) is 9.59. The Bertz CT molecular complexity index is 338. The zero-order valence-electron chi connectivity index (χ0n) is 8.06. The maximum Gasteiger partial charge on any atom is 0.126 e. The summed E-state index contributed by atoms with van der Waals surface area (Å²) in [6.45, 7) is 2.79. The van der Waals surface area contributed by atoms with Gasteiger partial charge >= 0.3 is 0 Å². The topological polar surface area (TPSA) is 12.0 Å². The molecule has 0 aliphatic carbocycles. The fourth-order valence-electron chi connectivity index (χ4n) is 2.00. The number of benzene rings is 1. The fraction of sp³-hybridized carbons (Fsp3) is 0.455. The molecule has 1 aliphatic rings. The second-order valence-corrected chi connectivity index (χ2v) is 3.91. The fourth-order valence-corrected chi connectivity index (χ4v) is 2.00. The third-order valence-electron chi connectivity index (χ3n) is 2.75. The minimum Gasteiger partial charge on any atom is -0.314 e. The third-order valence-corrected chi connectivity index (χ3v) is 2.75. The van der Waals surface area contributed by atoms with Crippen molar-refractivity contribution in [3.05, 3.63) is 35.4 Å². The van der Waals surface area contributed by atoms with Gasteiger partial charge in [0.2, 0.25) is 0 Å². The van der Waals surface area contributed by atoms with Gasteiger partial charge in [0.25, 0.3) is 0 Å². The minimum atomic E-state index is -0.360. The largest absolute Gasteiger partial charge is 0.314 e. The Kier molecular flexibility index (Phi) is 2.50. The van der Waals surface area contributed by atoms with Crippen LogP contribution in [0.4, 0.5) is 8.78 Å². The Morgan fingerprint density at radius 3 is 2.79 bits per heavy atom. The van der Waals surface area contributed by atoms with E-state index in [0.29, 0.717) is 11.6 Å². The summed E-state index contributed by atoms with van der Waals surface area (Å²) >= 11 is 0. The molecule has 0 radical (unpaired) electrons. The highest BCUT2D eigenvalue weighted by molar-refractivity contribution is 5.24. The van der Waals surface area contributed by atoms with Crippen LogP contribution in [0.1, 0.15) is 24.8 Å². The number of halogens is 2. The molecule has 1 aromatic rings. The monoisotopic (exact) mass is 197 g/mol. The lowest BCUT2D eigenvalue weighted by Crippen LogP contribution is -2.16. The molecule has 2 rings (SSSR count). The normalized spacial score (nSPS) is 26.8. The molecule has 0 saturated carbocycles. The van der Waals surface area contributed by atoms with E-state index in [2.05, 4.69) is 12.2 Å². The van der Waals surface area contributed by atoms with Crippen molar-refractivity contribution in [2.24, 2.45) is 0 Å². The molecule has 1 aromatic carbocycles. The van der Waals surface area contributed by atoms with Crippen molar-refractivity contribution in [3.63, 3.8) is 0 Å². The second kappa shape index (κ2) is 3.65. The van der Waals surface area contributed by atoms with Crippen molar-refractivity contribution in [1.82, 2.24) is 5.32 Å². The van der Waals surface area contributed by atoms with E-state index in [1.54, 1.807) is 0 Å². The molecule has 2 atom stereocenters. The van der Waals surface area contributed by atoms with Crippen molar-refractivity contribution < 1.29 is 8.78 Å². The van der Waals surface area contributed by atoms with Gasteiger partial charge in [-0.15, -0.1) is 0 Å². The van der Waals surface area contributed by atoms with Crippen molar-refractivity contribution in [1.29, 1.82) is 0 Å². The van der Waals surface area contributed by atoms with Crippen LogP contribution in [0.2, 0.25) is 0 Å². The molecule has 1 heterocycles. The number of rotatable bonds is 1. The Morgan fingerprint density at radius 2 is 2.14 bits per heavy atom. The van der Waals surface area contributed by atoms with E-state index in [1.807, 2.05) is 0 Å². The van der Waals surface area contributed by atoms with Crippen LogP contribution in [-0.2, 0) is 0 Å². The number of hydrogen-bond donors (Lipinski definition) is 1. The van der Waals surface area contributed by atoms with Gasteiger partial charge in [0.1, 0.15) is 11.6 Å². The lowest BCUT2D eigenvalue weighted by molar-refractivity contribution is 0.565. The quantitative estimate of drug-likeness (QED) is 0.729. The van der Waals surface area contributed by atoms with Crippen molar-refractivity contribution in [3.8, 4) is 0 Å². The van der Waals surface area contributed by atoms with Gasteiger partial charge in [-0.25, -0.2) is 8.78 Å². The number of nitrogens with one attached hydrogen (secondary N) is 1. The Labute approximate surface area is 82.1 Å². The molecule has 1 aliphatic heterocycles. The standard InChI is InChI=1S/C11H13F2N/c1-7-4-8(6-14-7)10-5-9(12)2-3-11(10)13/h2-3,5,7-8,14H,4,6H2,1H3. The number of hydrogen-bond acceptors (Lipinski definition) is 1. The van der Waals surface area contributed by atoms with E-state index in [4.69, 9.17) is 0 Å². The summed E-state index contributed by atoms with van der Waals surface area (Å²) in [5.41, 5.74) is 0.502. The van der Waals surface area contributed by atoms with E-state index >= 15 is 0 Å². The van der Waals surface area contributed by atoms with Crippen LogP contribution in [0.3, 0.4) is 0 Å². The van der Waals surface area contributed by atoms with Crippen LogP contribution in [-0.4, -0.2) is 12.6 Å². The van der Waals surface area contributed by atoms with Crippen LogP contribution >= 0.6 is 0 Å². The summed E-state index contributed by atoms with van der Waals surface area (Å²) in [5.74, 6) is -0.547. The molecule has 2 unspecified atom stereocenters. The summed E-state index contributed by atoms with van der Waals surface area (Å²) in [6, 6.07) is 4.06. The summed E-state index contributed by atoms with van der Waals surface area (Å²) in [6.07, 6.45) is 0.875. The maximum absolute atomic E-state index is 13.4. The van der Waals surface area contributed by atoms with E-state index < -0.39 is 0 Å². The molecule has 1 nitrogen and oxygen atoms in total. The molecule has 0 spiro atoms. The first-order valence-electron chi connectivity index (χ1n) is 4.85. The SMILES string of the molecule is CC1CC(c2cc(F)ccc2F)CN1. The summed E-state index contributed by atoms with van der Waals surface area (Å²) in [4.78, 5) is 0. The summed E-state index contributed by atoms with van der Waals surface area (Å²) < 4.78 is 26.3. The molecule has 0 bridgehead atoms. The Morgan fingerprint density at radius 1 is 1.36 bits per heavy atom.